The molecule has 1 fully saturated rings. The molecule has 0 amide bonds. The SMILES string of the molecule is C[C@@H]1[C@@H](c2ccccc2)N[C@@H](c2ccccc2)[C@@H](C)C1(O)Cc1ccccc1. The van der Waals surface area contributed by atoms with Crippen LogP contribution in [0.4, 0.5) is 0 Å². The second-order valence-electron chi connectivity index (χ2n) is 8.17. The lowest BCUT2D eigenvalue weighted by Gasteiger charge is -2.52. The molecular weight excluding hydrogens is 342 g/mol. The van der Waals surface area contributed by atoms with Crippen LogP contribution in [0.1, 0.15) is 42.6 Å². The number of aliphatic hydroxyl groups is 1. The molecular formula is C26H29NO. The lowest BCUT2D eigenvalue weighted by atomic mass is 9.64. The average Bonchev–Trinajstić information content (AvgIpc) is 2.75. The highest BCUT2D eigenvalue weighted by atomic mass is 16.3. The highest BCUT2D eigenvalue weighted by molar-refractivity contribution is 5.29. The fourth-order valence-electron chi connectivity index (χ4n) is 4.81. The minimum Gasteiger partial charge on any atom is -0.389 e. The van der Waals surface area contributed by atoms with Crippen LogP contribution in [0.5, 0.6) is 0 Å². The average molecular weight is 372 g/mol. The second kappa shape index (κ2) is 7.90. The van der Waals surface area contributed by atoms with Crippen LogP contribution in [0.15, 0.2) is 91.0 Å². The zero-order valence-corrected chi connectivity index (χ0v) is 16.6. The summed E-state index contributed by atoms with van der Waals surface area (Å²) in [5.41, 5.74) is 2.83. The van der Waals surface area contributed by atoms with E-state index in [1.165, 1.54) is 16.7 Å². The van der Waals surface area contributed by atoms with Gasteiger partial charge in [-0.15, -0.1) is 0 Å². The molecule has 3 aromatic carbocycles. The minimum atomic E-state index is -0.812. The first-order valence-electron chi connectivity index (χ1n) is 10.2. The van der Waals surface area contributed by atoms with Crippen molar-refractivity contribution in [2.75, 3.05) is 0 Å². The van der Waals surface area contributed by atoms with E-state index in [1.807, 2.05) is 18.2 Å². The Kier molecular flexibility index (Phi) is 5.34. The monoisotopic (exact) mass is 371 g/mol. The Balaban J connectivity index is 1.76. The molecule has 0 aliphatic carbocycles. The summed E-state index contributed by atoms with van der Waals surface area (Å²) in [6.07, 6.45) is 0.657. The highest BCUT2D eigenvalue weighted by Gasteiger charge is 2.51. The molecule has 2 nitrogen and oxygen atoms in total. The molecule has 4 rings (SSSR count). The summed E-state index contributed by atoms with van der Waals surface area (Å²) in [4.78, 5) is 0. The van der Waals surface area contributed by atoms with Crippen LogP contribution >= 0.6 is 0 Å². The minimum absolute atomic E-state index is 0.0741. The molecule has 2 N–H and O–H groups in total. The maximum Gasteiger partial charge on any atom is 0.0774 e. The molecule has 28 heavy (non-hydrogen) atoms. The first-order chi connectivity index (χ1) is 13.6. The summed E-state index contributed by atoms with van der Waals surface area (Å²) in [7, 11) is 0. The molecule has 0 saturated carbocycles. The van der Waals surface area contributed by atoms with Gasteiger partial charge in [0, 0.05) is 30.3 Å². The van der Waals surface area contributed by atoms with Crippen molar-refractivity contribution in [1.29, 1.82) is 0 Å². The zero-order valence-electron chi connectivity index (χ0n) is 16.6. The summed E-state index contributed by atoms with van der Waals surface area (Å²) in [6, 6.07) is 31.6. The van der Waals surface area contributed by atoms with Crippen LogP contribution in [0.25, 0.3) is 0 Å². The molecule has 0 aromatic heterocycles. The molecule has 0 bridgehead atoms. The van der Waals surface area contributed by atoms with Crippen molar-refractivity contribution >= 4 is 0 Å². The number of nitrogens with one attached hydrogen (secondary N) is 1. The molecule has 5 atom stereocenters. The molecule has 1 heterocycles. The molecule has 1 unspecified atom stereocenters. The molecule has 0 radical (unpaired) electrons. The summed E-state index contributed by atoms with van der Waals surface area (Å²) < 4.78 is 0. The van der Waals surface area contributed by atoms with E-state index >= 15 is 0 Å². The predicted molar refractivity (Wildman–Crippen MR) is 115 cm³/mol. The van der Waals surface area contributed by atoms with Gasteiger partial charge in [-0.05, 0) is 16.7 Å². The second-order valence-corrected chi connectivity index (χ2v) is 8.17. The van der Waals surface area contributed by atoms with E-state index in [2.05, 4.69) is 92.0 Å². The van der Waals surface area contributed by atoms with E-state index in [9.17, 15) is 5.11 Å². The maximum absolute atomic E-state index is 12.1. The first kappa shape index (κ1) is 18.9. The van der Waals surface area contributed by atoms with Gasteiger partial charge in [0.2, 0.25) is 0 Å². The van der Waals surface area contributed by atoms with Crippen LogP contribution in [-0.2, 0) is 6.42 Å². The van der Waals surface area contributed by atoms with Gasteiger partial charge in [-0.1, -0.05) is 105 Å². The van der Waals surface area contributed by atoms with E-state index in [-0.39, 0.29) is 23.9 Å². The van der Waals surface area contributed by atoms with Gasteiger partial charge in [0.1, 0.15) is 0 Å². The quantitative estimate of drug-likeness (QED) is 0.651. The van der Waals surface area contributed by atoms with E-state index in [1.54, 1.807) is 0 Å². The van der Waals surface area contributed by atoms with E-state index in [4.69, 9.17) is 0 Å². The van der Waals surface area contributed by atoms with E-state index in [0.717, 1.165) is 0 Å². The Morgan fingerprint density at radius 1 is 0.679 bits per heavy atom. The van der Waals surface area contributed by atoms with Crippen molar-refractivity contribution < 1.29 is 5.11 Å². The Hall–Kier alpha value is -2.42. The van der Waals surface area contributed by atoms with Gasteiger partial charge in [0.05, 0.1) is 5.60 Å². The van der Waals surface area contributed by atoms with Crippen molar-refractivity contribution in [1.82, 2.24) is 5.32 Å². The van der Waals surface area contributed by atoms with Gasteiger partial charge in [-0.2, -0.15) is 0 Å². The van der Waals surface area contributed by atoms with Crippen molar-refractivity contribution in [3.8, 4) is 0 Å². The summed E-state index contributed by atoms with van der Waals surface area (Å²) >= 11 is 0. The lowest BCUT2D eigenvalue weighted by molar-refractivity contribution is -0.110. The molecule has 144 valence electrons. The largest absolute Gasteiger partial charge is 0.389 e. The third-order valence-electron chi connectivity index (χ3n) is 6.58. The fraction of sp³-hybridized carbons (Fsp3) is 0.308. The number of hydrogen-bond donors (Lipinski definition) is 2. The van der Waals surface area contributed by atoms with Gasteiger partial charge in [0.25, 0.3) is 0 Å². The number of benzene rings is 3. The molecule has 2 heteroatoms. The topological polar surface area (TPSA) is 32.3 Å². The van der Waals surface area contributed by atoms with Crippen LogP contribution in [0.2, 0.25) is 0 Å². The van der Waals surface area contributed by atoms with Gasteiger partial charge in [-0.25, -0.2) is 0 Å². The van der Waals surface area contributed by atoms with Gasteiger partial charge in [0.15, 0.2) is 0 Å². The fourth-order valence-corrected chi connectivity index (χ4v) is 4.81. The Morgan fingerprint density at radius 3 is 1.50 bits per heavy atom. The van der Waals surface area contributed by atoms with Crippen molar-refractivity contribution in [3.63, 3.8) is 0 Å². The smallest absolute Gasteiger partial charge is 0.0774 e. The van der Waals surface area contributed by atoms with Gasteiger partial charge >= 0.3 is 0 Å². The van der Waals surface area contributed by atoms with Crippen molar-refractivity contribution in [2.45, 2.75) is 38.0 Å². The van der Waals surface area contributed by atoms with Crippen LogP contribution in [0.3, 0.4) is 0 Å². The van der Waals surface area contributed by atoms with Crippen molar-refractivity contribution in [3.05, 3.63) is 108 Å². The van der Waals surface area contributed by atoms with Crippen molar-refractivity contribution in [2.24, 2.45) is 11.8 Å². The highest BCUT2D eigenvalue weighted by Crippen LogP contribution is 2.48. The molecule has 1 saturated heterocycles. The number of hydrogen-bond acceptors (Lipinski definition) is 2. The summed E-state index contributed by atoms with van der Waals surface area (Å²) in [5.74, 6) is 0.148. The Labute approximate surface area is 168 Å². The van der Waals surface area contributed by atoms with E-state index in [0.29, 0.717) is 6.42 Å². The third kappa shape index (κ3) is 3.50. The molecule has 0 spiro atoms. The summed E-state index contributed by atoms with van der Waals surface area (Å²) in [6.45, 7) is 4.37. The summed E-state index contributed by atoms with van der Waals surface area (Å²) in [5, 5.41) is 16.0. The maximum atomic E-state index is 12.1. The molecule has 1 aliphatic heterocycles. The normalized spacial score (nSPS) is 30.1. The Morgan fingerprint density at radius 2 is 1.07 bits per heavy atom. The molecule has 1 aliphatic rings. The van der Waals surface area contributed by atoms with Gasteiger partial charge in [-0.3, -0.25) is 0 Å². The van der Waals surface area contributed by atoms with Crippen LogP contribution in [0, 0.1) is 11.8 Å². The lowest BCUT2D eigenvalue weighted by Crippen LogP contribution is -2.58. The van der Waals surface area contributed by atoms with Crippen LogP contribution in [-0.4, -0.2) is 10.7 Å². The zero-order chi connectivity index (χ0) is 19.6. The van der Waals surface area contributed by atoms with E-state index < -0.39 is 5.60 Å². The Bertz CT molecular complexity index is 827. The standard InChI is InChI=1S/C26H29NO/c1-19-24(22-14-8-4-9-15-22)27-25(23-16-10-5-11-17-23)20(2)26(19,28)18-21-12-6-3-7-13-21/h3-17,19-20,24-25,27-28H,18H2,1-2H3/t19-,20-,24-,25+,26?/m1/s1. The number of rotatable bonds is 4. The molecule has 3 aromatic rings. The van der Waals surface area contributed by atoms with Crippen LogP contribution < -0.4 is 5.32 Å². The van der Waals surface area contributed by atoms with Gasteiger partial charge < -0.3 is 10.4 Å². The first-order valence-corrected chi connectivity index (χ1v) is 10.2. The number of piperidine rings is 1. The predicted octanol–water partition coefficient (Wildman–Crippen LogP) is 5.32. The third-order valence-corrected chi connectivity index (χ3v) is 6.58.